The Bertz CT molecular complexity index is 686. The fraction of sp³-hybridized carbons (Fsp3) is 0.0833. The second-order valence-corrected chi connectivity index (χ2v) is 3.86. The summed E-state index contributed by atoms with van der Waals surface area (Å²) in [6.07, 6.45) is 6.99. The maximum atomic E-state index is 5.78. The van der Waals surface area contributed by atoms with Gasteiger partial charge >= 0.3 is 0 Å². The summed E-state index contributed by atoms with van der Waals surface area (Å²) < 4.78 is 1.77. The van der Waals surface area contributed by atoms with Crippen molar-refractivity contribution < 1.29 is 0 Å². The van der Waals surface area contributed by atoms with Gasteiger partial charge in [0.05, 0.1) is 11.7 Å². The number of rotatable bonds is 1. The molecule has 17 heavy (non-hydrogen) atoms. The summed E-state index contributed by atoms with van der Waals surface area (Å²) in [5, 5.41) is 0. The molecule has 3 rings (SSSR count). The minimum Gasteiger partial charge on any atom is -0.369 e. The Labute approximate surface area is 98.0 Å². The van der Waals surface area contributed by atoms with E-state index in [0.29, 0.717) is 5.95 Å². The van der Waals surface area contributed by atoms with Crippen LogP contribution in [0.5, 0.6) is 0 Å². The molecule has 0 radical (unpaired) electrons. The Morgan fingerprint density at radius 3 is 2.94 bits per heavy atom. The number of pyridine rings is 1. The van der Waals surface area contributed by atoms with Gasteiger partial charge < -0.3 is 5.73 Å². The van der Waals surface area contributed by atoms with E-state index in [9.17, 15) is 0 Å². The van der Waals surface area contributed by atoms with E-state index in [1.165, 1.54) is 0 Å². The van der Waals surface area contributed by atoms with Crippen LogP contribution in [-0.4, -0.2) is 19.4 Å². The van der Waals surface area contributed by atoms with Crippen molar-refractivity contribution in [3.8, 4) is 11.1 Å². The molecule has 5 heteroatoms. The molecule has 0 saturated carbocycles. The number of aromatic nitrogens is 4. The number of imidazole rings is 1. The van der Waals surface area contributed by atoms with Crippen molar-refractivity contribution >= 4 is 11.5 Å². The predicted octanol–water partition coefficient (Wildman–Crippen LogP) is 1.68. The molecule has 0 spiro atoms. The molecule has 5 nitrogen and oxygen atoms in total. The first-order chi connectivity index (χ1) is 8.25. The molecule has 84 valence electrons. The Hall–Kier alpha value is -2.43. The quantitative estimate of drug-likeness (QED) is 0.684. The zero-order chi connectivity index (χ0) is 11.8. The first-order valence-electron chi connectivity index (χ1n) is 5.25. The number of anilines is 1. The molecule has 3 aromatic rings. The number of hydrogen-bond donors (Lipinski definition) is 1. The molecule has 0 bridgehead atoms. The summed E-state index contributed by atoms with van der Waals surface area (Å²) >= 11 is 0. The highest BCUT2D eigenvalue weighted by molar-refractivity contribution is 5.80. The van der Waals surface area contributed by atoms with Crippen molar-refractivity contribution in [1.29, 1.82) is 0 Å². The van der Waals surface area contributed by atoms with Gasteiger partial charge in [0.25, 0.3) is 0 Å². The van der Waals surface area contributed by atoms with Crippen LogP contribution >= 0.6 is 0 Å². The van der Waals surface area contributed by atoms with Crippen molar-refractivity contribution in [1.82, 2.24) is 19.4 Å². The topological polar surface area (TPSA) is 69.1 Å². The van der Waals surface area contributed by atoms with Gasteiger partial charge in [-0.3, -0.25) is 9.38 Å². The summed E-state index contributed by atoms with van der Waals surface area (Å²) in [5.41, 5.74) is 9.76. The van der Waals surface area contributed by atoms with Crippen molar-refractivity contribution in [2.45, 2.75) is 6.92 Å². The Morgan fingerprint density at radius 2 is 2.12 bits per heavy atom. The van der Waals surface area contributed by atoms with Crippen LogP contribution in [-0.2, 0) is 0 Å². The lowest BCUT2D eigenvalue weighted by Gasteiger charge is -2.06. The minimum atomic E-state index is 0.437. The van der Waals surface area contributed by atoms with Gasteiger partial charge in [-0.15, -0.1) is 0 Å². The zero-order valence-electron chi connectivity index (χ0n) is 9.33. The van der Waals surface area contributed by atoms with E-state index in [1.54, 1.807) is 29.3 Å². The molecular weight excluding hydrogens is 214 g/mol. The van der Waals surface area contributed by atoms with Gasteiger partial charge in [0, 0.05) is 23.7 Å². The molecule has 3 aromatic heterocycles. The Morgan fingerprint density at radius 1 is 1.24 bits per heavy atom. The molecule has 0 aliphatic carbocycles. The molecule has 0 aromatic carbocycles. The molecule has 0 unspecified atom stereocenters. The average molecular weight is 225 g/mol. The van der Waals surface area contributed by atoms with Gasteiger partial charge in [-0.2, -0.15) is 0 Å². The van der Waals surface area contributed by atoms with Crippen LogP contribution < -0.4 is 5.73 Å². The normalized spacial score (nSPS) is 10.9. The van der Waals surface area contributed by atoms with Gasteiger partial charge in [0.2, 0.25) is 5.95 Å². The second-order valence-electron chi connectivity index (χ2n) is 3.86. The van der Waals surface area contributed by atoms with E-state index in [4.69, 9.17) is 5.73 Å². The van der Waals surface area contributed by atoms with Crippen LogP contribution in [0.3, 0.4) is 0 Å². The van der Waals surface area contributed by atoms with E-state index in [-0.39, 0.29) is 0 Å². The summed E-state index contributed by atoms with van der Waals surface area (Å²) in [7, 11) is 0. The van der Waals surface area contributed by atoms with Crippen molar-refractivity contribution in [3.05, 3.63) is 42.7 Å². The molecule has 2 N–H and O–H groups in total. The highest BCUT2D eigenvalue weighted by atomic mass is 15.1. The summed E-state index contributed by atoms with van der Waals surface area (Å²) in [6.45, 7) is 1.96. The molecular formula is C12H11N5. The molecule has 3 heterocycles. The van der Waals surface area contributed by atoms with E-state index in [1.807, 2.05) is 19.1 Å². The largest absolute Gasteiger partial charge is 0.369 e. The second kappa shape index (κ2) is 3.55. The van der Waals surface area contributed by atoms with E-state index < -0.39 is 0 Å². The summed E-state index contributed by atoms with van der Waals surface area (Å²) in [5.74, 6) is 0.437. The SMILES string of the molecule is Cc1cc(-c2cnc(N)n3cncc23)ccn1. The number of nitrogen functional groups attached to an aromatic ring is 1. The Kier molecular flexibility index (Phi) is 2.04. The number of aryl methyl sites for hydroxylation is 1. The third-order valence-electron chi connectivity index (χ3n) is 2.69. The Balaban J connectivity index is 2.31. The van der Waals surface area contributed by atoms with Gasteiger partial charge in [-0.05, 0) is 24.6 Å². The number of fused-ring (bicyclic) bond motifs is 1. The zero-order valence-corrected chi connectivity index (χ0v) is 9.33. The molecule has 0 saturated heterocycles. The molecule has 0 amide bonds. The van der Waals surface area contributed by atoms with Crippen LogP contribution in [0, 0.1) is 6.92 Å². The standard InChI is InChI=1S/C12H11N5/c1-8-4-9(2-3-15-8)10-5-16-12(13)17-7-14-6-11(10)17/h2-7H,1H3,(H2,13,16). The van der Waals surface area contributed by atoms with Crippen LogP contribution in [0.2, 0.25) is 0 Å². The lowest BCUT2D eigenvalue weighted by Crippen LogP contribution is -2.00. The monoisotopic (exact) mass is 225 g/mol. The van der Waals surface area contributed by atoms with Crippen LogP contribution in [0.25, 0.3) is 16.6 Å². The third-order valence-corrected chi connectivity index (χ3v) is 2.69. The van der Waals surface area contributed by atoms with Crippen LogP contribution in [0.4, 0.5) is 5.95 Å². The highest BCUT2D eigenvalue weighted by Crippen LogP contribution is 2.24. The summed E-state index contributed by atoms with van der Waals surface area (Å²) in [6, 6.07) is 3.97. The maximum Gasteiger partial charge on any atom is 0.206 e. The molecule has 0 aliphatic heterocycles. The van der Waals surface area contributed by atoms with Gasteiger partial charge in [-0.25, -0.2) is 9.97 Å². The van der Waals surface area contributed by atoms with E-state index in [2.05, 4.69) is 15.0 Å². The average Bonchev–Trinajstić information content (AvgIpc) is 2.79. The van der Waals surface area contributed by atoms with Crippen LogP contribution in [0.1, 0.15) is 5.69 Å². The predicted molar refractivity (Wildman–Crippen MR) is 65.4 cm³/mol. The fourth-order valence-corrected chi connectivity index (χ4v) is 1.87. The van der Waals surface area contributed by atoms with Crippen molar-refractivity contribution in [3.63, 3.8) is 0 Å². The molecule has 0 atom stereocenters. The van der Waals surface area contributed by atoms with Crippen molar-refractivity contribution in [2.75, 3.05) is 5.73 Å². The summed E-state index contributed by atoms with van der Waals surface area (Å²) in [4.78, 5) is 12.4. The third kappa shape index (κ3) is 1.52. The van der Waals surface area contributed by atoms with Gasteiger partial charge in [0.1, 0.15) is 6.33 Å². The van der Waals surface area contributed by atoms with E-state index in [0.717, 1.165) is 22.3 Å². The van der Waals surface area contributed by atoms with Crippen molar-refractivity contribution in [2.24, 2.45) is 0 Å². The molecule has 0 fully saturated rings. The number of nitrogens with two attached hydrogens (primary N) is 1. The lowest BCUT2D eigenvalue weighted by molar-refractivity contribution is 1.09. The number of nitrogens with zero attached hydrogens (tertiary/aromatic N) is 4. The highest BCUT2D eigenvalue weighted by Gasteiger charge is 2.07. The van der Waals surface area contributed by atoms with E-state index >= 15 is 0 Å². The van der Waals surface area contributed by atoms with Gasteiger partial charge in [-0.1, -0.05) is 0 Å². The lowest BCUT2D eigenvalue weighted by atomic mass is 10.1. The number of hydrogen-bond acceptors (Lipinski definition) is 4. The first kappa shape index (κ1) is 9.77. The van der Waals surface area contributed by atoms with Crippen LogP contribution in [0.15, 0.2) is 37.1 Å². The first-order valence-corrected chi connectivity index (χ1v) is 5.25. The smallest absolute Gasteiger partial charge is 0.206 e. The fourth-order valence-electron chi connectivity index (χ4n) is 1.87. The molecule has 0 aliphatic rings. The maximum absolute atomic E-state index is 5.78. The minimum absolute atomic E-state index is 0.437. The van der Waals surface area contributed by atoms with Gasteiger partial charge in [0.15, 0.2) is 0 Å².